The van der Waals surface area contributed by atoms with Crippen molar-refractivity contribution in [2.24, 2.45) is 45.5 Å². The number of amides is 10. The first-order chi connectivity index (χ1) is 39.4. The third-order valence-electron chi connectivity index (χ3n) is 12.6. The van der Waals surface area contributed by atoms with Crippen LogP contribution in [0.1, 0.15) is 104 Å². The summed E-state index contributed by atoms with van der Waals surface area (Å²) in [5.41, 5.74) is 28.1. The van der Waals surface area contributed by atoms with Crippen LogP contribution in [0.3, 0.4) is 0 Å². The molecule has 468 valence electrons. The largest absolute Gasteiger partial charge is 0.481 e. The number of aliphatic imine (C=N–C) groups is 1. The van der Waals surface area contributed by atoms with Gasteiger partial charge in [-0.1, -0.05) is 70.9 Å². The number of guanidine groups is 1. The van der Waals surface area contributed by atoms with Crippen molar-refractivity contribution in [1.82, 2.24) is 47.9 Å². The fourth-order valence-corrected chi connectivity index (χ4v) is 7.79. The van der Waals surface area contributed by atoms with E-state index in [1.54, 1.807) is 44.2 Å². The monoisotopic (exact) mass is 1190 g/mol. The van der Waals surface area contributed by atoms with Crippen molar-refractivity contribution in [2.75, 3.05) is 19.6 Å². The molecule has 0 saturated heterocycles. The fraction of sp³-hybridized carbons (Fsp3) is 0.588. The molecular formula is C51H81N15O18. The van der Waals surface area contributed by atoms with Gasteiger partial charge >= 0.3 is 23.9 Å². The smallest absolute Gasteiger partial charge is 0.326 e. The predicted molar refractivity (Wildman–Crippen MR) is 297 cm³/mol. The van der Waals surface area contributed by atoms with Gasteiger partial charge in [-0.15, -0.1) is 0 Å². The van der Waals surface area contributed by atoms with Crippen molar-refractivity contribution in [1.29, 1.82) is 0 Å². The maximum atomic E-state index is 14.1. The lowest BCUT2D eigenvalue weighted by Gasteiger charge is -2.29. The number of primary amides is 1. The zero-order chi connectivity index (χ0) is 63.8. The SMILES string of the molecule is CC[C@H](C)[C@H](NC(=O)CNC(=O)[C@H](Cc1ccccc1)NC(=O)[C@H](CC(=O)O)NC(=O)[C@@H](N)CCCCN)C(=O)N[C@@H](CCC(N)=O)C(=O)N[C@H](C(=O)N[C@@H](CC(=O)O)C(=O)N[C@@H](CCCN=C(N)N)C(=O)N[C@@H](CC(=O)O)C(=O)O)C(C)C. The molecule has 0 aliphatic heterocycles. The quantitative estimate of drug-likeness (QED) is 0.0165. The zero-order valence-electron chi connectivity index (χ0n) is 47.2. The van der Waals surface area contributed by atoms with Crippen LogP contribution < -0.4 is 76.5 Å². The molecular weight excluding hydrogens is 1110 g/mol. The minimum atomic E-state index is -1.99. The lowest BCUT2D eigenvalue weighted by molar-refractivity contribution is -0.147. The first-order valence-corrected chi connectivity index (χ1v) is 26.8. The Balaban J connectivity index is 3.43. The van der Waals surface area contributed by atoms with Crippen molar-refractivity contribution in [2.45, 2.75) is 159 Å². The van der Waals surface area contributed by atoms with Crippen LogP contribution in [0.15, 0.2) is 35.3 Å². The summed E-state index contributed by atoms with van der Waals surface area (Å²) in [6.07, 6.45) is -3.16. The number of carbonyl (C=O) groups excluding carboxylic acids is 10. The second-order valence-electron chi connectivity index (χ2n) is 19.9. The molecule has 0 aromatic heterocycles. The molecule has 0 bridgehead atoms. The molecule has 1 aromatic carbocycles. The van der Waals surface area contributed by atoms with Crippen LogP contribution in [0.4, 0.5) is 0 Å². The summed E-state index contributed by atoms with van der Waals surface area (Å²) in [5.74, 6) is -18.8. The molecule has 84 heavy (non-hydrogen) atoms. The van der Waals surface area contributed by atoms with E-state index in [1.807, 2.05) is 5.32 Å². The molecule has 1 aromatic rings. The molecule has 1 rings (SSSR count). The number of nitrogens with one attached hydrogen (secondary N) is 9. The van der Waals surface area contributed by atoms with Gasteiger partial charge in [-0.25, -0.2) is 4.79 Å². The van der Waals surface area contributed by atoms with Gasteiger partial charge in [-0.05, 0) is 56.0 Å². The van der Waals surface area contributed by atoms with E-state index >= 15 is 0 Å². The minimum Gasteiger partial charge on any atom is -0.481 e. The van der Waals surface area contributed by atoms with E-state index in [-0.39, 0.29) is 44.6 Å². The molecule has 0 aliphatic rings. The second-order valence-corrected chi connectivity index (χ2v) is 19.9. The minimum absolute atomic E-state index is 0.0439. The van der Waals surface area contributed by atoms with Gasteiger partial charge in [0.2, 0.25) is 59.1 Å². The van der Waals surface area contributed by atoms with Gasteiger partial charge in [0.1, 0.15) is 48.3 Å². The number of unbranched alkanes of at least 4 members (excludes halogenated alkanes) is 1. The lowest BCUT2D eigenvalue weighted by Crippen LogP contribution is -2.61. The van der Waals surface area contributed by atoms with Crippen molar-refractivity contribution >= 4 is 88.9 Å². The van der Waals surface area contributed by atoms with Crippen molar-refractivity contribution in [3.05, 3.63) is 35.9 Å². The molecule has 0 aliphatic carbocycles. The first kappa shape index (κ1) is 73.0. The highest BCUT2D eigenvalue weighted by Crippen LogP contribution is 2.13. The molecule has 0 fully saturated rings. The number of rotatable bonds is 41. The summed E-state index contributed by atoms with van der Waals surface area (Å²) >= 11 is 0. The van der Waals surface area contributed by atoms with Crippen LogP contribution in [0.5, 0.6) is 0 Å². The van der Waals surface area contributed by atoms with Crippen molar-refractivity contribution < 1.29 is 87.5 Å². The van der Waals surface area contributed by atoms with Crippen LogP contribution in [-0.2, 0) is 73.5 Å². The molecule has 0 heterocycles. The van der Waals surface area contributed by atoms with Gasteiger partial charge in [0.25, 0.3) is 0 Å². The topological polar surface area (TPSA) is 571 Å². The summed E-state index contributed by atoms with van der Waals surface area (Å²) in [6.45, 7) is 5.51. The number of nitrogens with two attached hydrogens (primary N) is 5. The van der Waals surface area contributed by atoms with Gasteiger partial charge in [-0.2, -0.15) is 0 Å². The van der Waals surface area contributed by atoms with Crippen LogP contribution in [-0.4, -0.2) is 183 Å². The maximum absolute atomic E-state index is 14.1. The van der Waals surface area contributed by atoms with Gasteiger partial charge in [0, 0.05) is 19.4 Å². The summed E-state index contributed by atoms with van der Waals surface area (Å²) in [7, 11) is 0. The number of benzene rings is 1. The Morgan fingerprint density at radius 2 is 1.00 bits per heavy atom. The van der Waals surface area contributed by atoms with E-state index < -0.39 is 188 Å². The number of hydrogen-bond acceptors (Lipinski definition) is 17. The molecule has 10 amide bonds. The van der Waals surface area contributed by atoms with Crippen LogP contribution in [0, 0.1) is 11.8 Å². The Morgan fingerprint density at radius 3 is 1.51 bits per heavy atom. The van der Waals surface area contributed by atoms with E-state index in [9.17, 15) is 82.4 Å². The van der Waals surface area contributed by atoms with Gasteiger partial charge < -0.3 is 96.9 Å². The Hall–Kier alpha value is -9.01. The molecule has 10 atom stereocenters. The number of aliphatic carboxylic acids is 4. The predicted octanol–water partition coefficient (Wildman–Crippen LogP) is -5.79. The zero-order valence-corrected chi connectivity index (χ0v) is 47.2. The highest BCUT2D eigenvalue weighted by atomic mass is 16.4. The highest BCUT2D eigenvalue weighted by Gasteiger charge is 2.37. The standard InChI is InChI=1S/C51H81N15O18/c1-5-26(4)41(65-36(68)24-58-43(76)31(20-27-12-7-6-8-13-27)62-47(80)32(21-37(69)70)61-42(75)28(53)14-9-10-18-52)49(82)60-30(16-17-35(54)67)45(78)66-40(25(2)3)48(81)63-33(22-38(71)72)46(79)59-29(15-11-19-57-51(55)56)44(77)64-34(50(83)84)23-39(73)74/h6-8,12-13,25-26,28-34,40-41H,5,9-11,14-24,52-53H2,1-4H3,(H2,54,67)(H,58,76)(H,59,79)(H,60,82)(H,61,75)(H,62,80)(H,63,81)(H,64,77)(H,65,68)(H,66,78)(H,69,70)(H,71,72)(H,73,74)(H,83,84)(H4,55,56,57)/t26-,28-,29-,30-,31-,32-,33-,34-,40-,41-/m0/s1. The van der Waals surface area contributed by atoms with Crippen LogP contribution in [0.2, 0.25) is 0 Å². The maximum Gasteiger partial charge on any atom is 0.326 e. The number of nitrogens with zero attached hydrogens (tertiary/aromatic N) is 1. The van der Waals surface area contributed by atoms with Gasteiger partial charge in [-0.3, -0.25) is 67.3 Å². The third-order valence-corrected chi connectivity index (χ3v) is 12.6. The van der Waals surface area contributed by atoms with Crippen molar-refractivity contribution in [3.8, 4) is 0 Å². The Labute approximate surface area is 483 Å². The highest BCUT2D eigenvalue weighted by molar-refractivity contribution is 5.99. The normalized spacial score (nSPS) is 14.5. The Kier molecular flexibility index (Phi) is 32.9. The van der Waals surface area contributed by atoms with E-state index in [2.05, 4.69) is 47.5 Å². The lowest BCUT2D eigenvalue weighted by atomic mass is 9.97. The van der Waals surface area contributed by atoms with E-state index in [4.69, 9.17) is 33.8 Å². The van der Waals surface area contributed by atoms with E-state index in [0.717, 1.165) is 0 Å². The third kappa shape index (κ3) is 28.6. The van der Waals surface area contributed by atoms with Crippen molar-refractivity contribution in [3.63, 3.8) is 0 Å². The summed E-state index contributed by atoms with van der Waals surface area (Å²) in [5, 5.41) is 58.8. The Morgan fingerprint density at radius 1 is 0.524 bits per heavy atom. The molecule has 23 N–H and O–H groups in total. The average molecular weight is 1190 g/mol. The molecule has 0 spiro atoms. The molecule has 0 unspecified atom stereocenters. The van der Waals surface area contributed by atoms with Crippen LogP contribution in [0.25, 0.3) is 0 Å². The number of carbonyl (C=O) groups is 14. The average Bonchev–Trinajstić information content (AvgIpc) is 3.53. The molecule has 33 heteroatoms. The summed E-state index contributed by atoms with van der Waals surface area (Å²) in [6, 6.07) is -6.41. The summed E-state index contributed by atoms with van der Waals surface area (Å²) in [4.78, 5) is 185. The number of hydrogen-bond donors (Lipinski definition) is 18. The number of carboxylic acids is 4. The van der Waals surface area contributed by atoms with Gasteiger partial charge in [0.05, 0.1) is 31.8 Å². The van der Waals surface area contributed by atoms with E-state index in [0.29, 0.717) is 24.9 Å². The molecule has 33 nitrogen and oxygen atoms in total. The van der Waals surface area contributed by atoms with Gasteiger partial charge in [0.15, 0.2) is 5.96 Å². The van der Waals surface area contributed by atoms with E-state index in [1.165, 1.54) is 13.8 Å². The molecule has 0 saturated carbocycles. The number of carboxylic acid groups (broad SMARTS) is 4. The second kappa shape index (κ2) is 37.9. The molecule has 0 radical (unpaired) electrons. The first-order valence-electron chi connectivity index (χ1n) is 26.8. The van der Waals surface area contributed by atoms with Crippen LogP contribution >= 0.6 is 0 Å². The Bertz CT molecular complexity index is 2500. The summed E-state index contributed by atoms with van der Waals surface area (Å²) < 4.78 is 0. The fourth-order valence-electron chi connectivity index (χ4n) is 7.79.